The van der Waals surface area contributed by atoms with Gasteiger partial charge in [-0.15, -0.1) is 0 Å². The monoisotopic (exact) mass is 365 g/mol. The Labute approximate surface area is 159 Å². The third-order valence-electron chi connectivity index (χ3n) is 5.51. The zero-order valence-electron chi connectivity index (χ0n) is 16.4. The number of hydrogen-bond acceptors (Lipinski definition) is 3. The van der Waals surface area contributed by atoms with E-state index in [1.807, 2.05) is 19.4 Å². The molecule has 0 saturated carbocycles. The average molecular weight is 365 g/mol. The summed E-state index contributed by atoms with van der Waals surface area (Å²) in [6, 6.07) is 6.76. The van der Waals surface area contributed by atoms with Crippen molar-refractivity contribution in [3.8, 4) is 0 Å². The van der Waals surface area contributed by atoms with Gasteiger partial charge >= 0.3 is 0 Å². The molecule has 1 fully saturated rings. The number of nitrogens with zero attached hydrogens (tertiary/aromatic N) is 3. The number of aryl methyl sites for hydroxylation is 3. The van der Waals surface area contributed by atoms with Crippen molar-refractivity contribution >= 4 is 16.8 Å². The lowest BCUT2D eigenvalue weighted by molar-refractivity contribution is -0.119. The van der Waals surface area contributed by atoms with Crippen LogP contribution >= 0.6 is 0 Å². The van der Waals surface area contributed by atoms with Gasteiger partial charge in [0.2, 0.25) is 5.91 Å². The van der Waals surface area contributed by atoms with Gasteiger partial charge in [-0.2, -0.15) is 0 Å². The first-order chi connectivity index (χ1) is 12.9. The molecule has 6 nitrogen and oxygen atoms in total. The summed E-state index contributed by atoms with van der Waals surface area (Å²) in [5.74, 6) is 1.24. The lowest BCUT2D eigenvalue weighted by atomic mass is 10.0. The Morgan fingerprint density at radius 2 is 2.11 bits per heavy atom. The number of hydrogen-bond donors (Lipinski definition) is 2. The first kappa shape index (κ1) is 17.8. The number of carbonyl (C=O) groups is 1. The fourth-order valence-electron chi connectivity index (χ4n) is 4.40. The van der Waals surface area contributed by atoms with E-state index in [9.17, 15) is 4.79 Å². The van der Waals surface area contributed by atoms with E-state index in [-0.39, 0.29) is 17.9 Å². The second-order valence-corrected chi connectivity index (χ2v) is 7.84. The van der Waals surface area contributed by atoms with E-state index in [2.05, 4.69) is 56.8 Å². The topological polar surface area (TPSA) is 66.0 Å². The molecule has 1 saturated heterocycles. The van der Waals surface area contributed by atoms with Crippen LogP contribution in [0.5, 0.6) is 0 Å². The van der Waals surface area contributed by atoms with Gasteiger partial charge in [0.1, 0.15) is 5.82 Å². The minimum atomic E-state index is 0.0118. The number of carbonyl (C=O) groups excluding carboxylic acids is 1. The summed E-state index contributed by atoms with van der Waals surface area (Å²) in [4.78, 5) is 22.2. The van der Waals surface area contributed by atoms with Gasteiger partial charge < -0.3 is 14.9 Å². The van der Waals surface area contributed by atoms with Crippen LogP contribution in [-0.4, -0.2) is 44.5 Å². The Morgan fingerprint density at radius 3 is 2.81 bits per heavy atom. The van der Waals surface area contributed by atoms with Gasteiger partial charge in [-0.1, -0.05) is 6.07 Å². The van der Waals surface area contributed by atoms with Crippen LogP contribution in [0.3, 0.4) is 0 Å². The van der Waals surface area contributed by atoms with Crippen LogP contribution in [0.15, 0.2) is 30.6 Å². The van der Waals surface area contributed by atoms with Crippen LogP contribution in [0.4, 0.5) is 0 Å². The average Bonchev–Trinajstić information content (AvgIpc) is 3.26. The number of amides is 1. The van der Waals surface area contributed by atoms with Crippen molar-refractivity contribution in [1.82, 2.24) is 24.8 Å². The van der Waals surface area contributed by atoms with E-state index in [4.69, 9.17) is 0 Å². The van der Waals surface area contributed by atoms with Gasteiger partial charge in [-0.25, -0.2) is 4.98 Å². The van der Waals surface area contributed by atoms with E-state index >= 15 is 0 Å². The van der Waals surface area contributed by atoms with Gasteiger partial charge in [-0.3, -0.25) is 9.69 Å². The van der Waals surface area contributed by atoms with E-state index in [1.54, 1.807) is 6.92 Å². The molecule has 3 aromatic rings. The number of nitrogens with one attached hydrogen (secondary N) is 2. The highest BCUT2D eigenvalue weighted by atomic mass is 16.1. The highest BCUT2D eigenvalue weighted by Gasteiger charge is 2.36. The summed E-state index contributed by atoms with van der Waals surface area (Å²) in [7, 11) is 2.01. The van der Waals surface area contributed by atoms with Gasteiger partial charge in [0.05, 0.1) is 12.0 Å². The standard InChI is InChI=1S/C21H27N5O/c1-13-7-14(2)17-9-16(24-19(17)8-13)10-26-11-18(20(12-26)23-15(3)27)21-22-5-6-25(21)4/h5-9,18,20,24H,10-12H2,1-4H3,(H,23,27)/t18-,20-/m1/s1. The van der Waals surface area contributed by atoms with Gasteiger partial charge in [0.25, 0.3) is 0 Å². The fraction of sp³-hybridized carbons (Fsp3) is 0.429. The van der Waals surface area contributed by atoms with Crippen molar-refractivity contribution < 1.29 is 4.79 Å². The van der Waals surface area contributed by atoms with Gasteiger partial charge in [0, 0.05) is 62.6 Å². The molecule has 142 valence electrons. The molecular weight excluding hydrogens is 338 g/mol. The number of likely N-dealkylation sites (tertiary alicyclic amines) is 1. The summed E-state index contributed by atoms with van der Waals surface area (Å²) in [5, 5.41) is 4.41. The second-order valence-electron chi connectivity index (χ2n) is 7.84. The van der Waals surface area contributed by atoms with Gasteiger partial charge in [-0.05, 0) is 37.1 Å². The highest BCUT2D eigenvalue weighted by molar-refractivity contribution is 5.84. The predicted molar refractivity (Wildman–Crippen MR) is 107 cm³/mol. The maximum Gasteiger partial charge on any atom is 0.217 e. The zero-order chi connectivity index (χ0) is 19.1. The fourth-order valence-corrected chi connectivity index (χ4v) is 4.40. The van der Waals surface area contributed by atoms with Crippen molar-refractivity contribution in [1.29, 1.82) is 0 Å². The first-order valence-corrected chi connectivity index (χ1v) is 9.46. The van der Waals surface area contributed by atoms with Crippen LogP contribution < -0.4 is 5.32 Å². The molecule has 2 aromatic heterocycles. The summed E-state index contributed by atoms with van der Waals surface area (Å²) >= 11 is 0. The molecule has 1 amide bonds. The lowest BCUT2D eigenvalue weighted by Gasteiger charge is -2.18. The Kier molecular flexibility index (Phi) is 4.52. The summed E-state index contributed by atoms with van der Waals surface area (Å²) in [6.07, 6.45) is 3.79. The summed E-state index contributed by atoms with van der Waals surface area (Å²) in [6.45, 7) is 8.41. The Hall–Kier alpha value is -2.60. The van der Waals surface area contributed by atoms with Crippen molar-refractivity contribution in [2.24, 2.45) is 7.05 Å². The number of imidazole rings is 1. The number of fused-ring (bicyclic) bond motifs is 1. The molecule has 27 heavy (non-hydrogen) atoms. The minimum Gasteiger partial charge on any atom is -0.357 e. The van der Waals surface area contributed by atoms with Crippen LogP contribution in [0.25, 0.3) is 10.9 Å². The molecular formula is C21H27N5O. The van der Waals surface area contributed by atoms with E-state index < -0.39 is 0 Å². The van der Waals surface area contributed by atoms with Crippen LogP contribution in [0.1, 0.15) is 35.5 Å². The lowest BCUT2D eigenvalue weighted by Crippen LogP contribution is -2.39. The third-order valence-corrected chi connectivity index (χ3v) is 5.51. The molecule has 1 aromatic carbocycles. The molecule has 1 aliphatic rings. The minimum absolute atomic E-state index is 0.0118. The first-order valence-electron chi connectivity index (χ1n) is 9.46. The number of aromatic nitrogens is 3. The molecule has 2 N–H and O–H groups in total. The molecule has 0 spiro atoms. The number of H-pyrrole nitrogens is 1. The van der Waals surface area contributed by atoms with Crippen LogP contribution in [-0.2, 0) is 18.4 Å². The smallest absolute Gasteiger partial charge is 0.217 e. The normalized spacial score (nSPS) is 20.4. The maximum atomic E-state index is 11.7. The van der Waals surface area contributed by atoms with Crippen molar-refractivity contribution in [3.05, 3.63) is 53.2 Å². The zero-order valence-corrected chi connectivity index (χ0v) is 16.4. The van der Waals surface area contributed by atoms with E-state index in [1.165, 1.54) is 27.7 Å². The molecule has 2 atom stereocenters. The number of aromatic amines is 1. The van der Waals surface area contributed by atoms with Crippen LogP contribution in [0, 0.1) is 13.8 Å². The predicted octanol–water partition coefficient (Wildman–Crippen LogP) is 2.62. The van der Waals surface area contributed by atoms with Crippen molar-refractivity contribution in [2.75, 3.05) is 13.1 Å². The second kappa shape index (κ2) is 6.85. The molecule has 1 aliphatic heterocycles. The molecule has 4 rings (SSSR count). The third kappa shape index (κ3) is 3.49. The quantitative estimate of drug-likeness (QED) is 0.747. The summed E-state index contributed by atoms with van der Waals surface area (Å²) < 4.78 is 2.05. The molecule has 0 unspecified atom stereocenters. The summed E-state index contributed by atoms with van der Waals surface area (Å²) in [5.41, 5.74) is 4.98. The number of rotatable bonds is 4. The van der Waals surface area contributed by atoms with E-state index in [0.717, 1.165) is 25.5 Å². The molecule has 0 radical (unpaired) electrons. The molecule has 0 bridgehead atoms. The Morgan fingerprint density at radius 1 is 1.30 bits per heavy atom. The Balaban J connectivity index is 1.57. The molecule has 0 aliphatic carbocycles. The molecule has 6 heteroatoms. The maximum absolute atomic E-state index is 11.7. The van der Waals surface area contributed by atoms with Gasteiger partial charge in [0.15, 0.2) is 0 Å². The van der Waals surface area contributed by atoms with Crippen molar-refractivity contribution in [2.45, 2.75) is 39.3 Å². The SMILES string of the molecule is CC(=O)N[C@@H]1CN(Cc2cc3c(C)cc(C)cc3[nH]2)C[C@H]1c1nccn1C. The Bertz CT molecular complexity index is 986. The molecule has 3 heterocycles. The highest BCUT2D eigenvalue weighted by Crippen LogP contribution is 2.29. The van der Waals surface area contributed by atoms with E-state index in [0.29, 0.717) is 0 Å². The van der Waals surface area contributed by atoms with Crippen LogP contribution in [0.2, 0.25) is 0 Å². The number of benzene rings is 1. The van der Waals surface area contributed by atoms with Crippen molar-refractivity contribution in [3.63, 3.8) is 0 Å². The largest absolute Gasteiger partial charge is 0.357 e.